The standard InChI is InChI=1S/C20H30N2O/c1-4-9-22(10-5-2)15-11-14-13-21-18-8-7-16(19(23)6-3)17(12-15)20(14)18/h7-8,14-15,21H,4-6,9-13H2,1-3H3/t14-,15-/m1/s1. The Kier molecular flexibility index (Phi) is 5.05. The lowest BCUT2D eigenvalue weighted by Crippen LogP contribution is -2.41. The van der Waals surface area contributed by atoms with Gasteiger partial charge in [-0.2, -0.15) is 0 Å². The van der Waals surface area contributed by atoms with Gasteiger partial charge in [-0.1, -0.05) is 20.8 Å². The van der Waals surface area contributed by atoms with E-state index < -0.39 is 0 Å². The number of hydrogen-bond acceptors (Lipinski definition) is 3. The van der Waals surface area contributed by atoms with Gasteiger partial charge in [0.15, 0.2) is 5.78 Å². The Hall–Kier alpha value is -1.35. The van der Waals surface area contributed by atoms with Crippen molar-refractivity contribution < 1.29 is 4.79 Å². The number of carbonyl (C=O) groups excluding carboxylic acids is 1. The molecule has 1 aromatic carbocycles. The van der Waals surface area contributed by atoms with E-state index >= 15 is 0 Å². The molecule has 0 unspecified atom stereocenters. The summed E-state index contributed by atoms with van der Waals surface area (Å²) in [6.07, 6.45) is 5.28. The number of hydrogen-bond donors (Lipinski definition) is 1. The molecular formula is C20H30N2O. The zero-order valence-corrected chi connectivity index (χ0v) is 14.8. The van der Waals surface area contributed by atoms with Gasteiger partial charge in [-0.3, -0.25) is 4.79 Å². The zero-order valence-electron chi connectivity index (χ0n) is 14.8. The van der Waals surface area contributed by atoms with Crippen LogP contribution in [-0.2, 0) is 6.42 Å². The van der Waals surface area contributed by atoms with Crippen molar-refractivity contribution in [3.05, 3.63) is 28.8 Å². The average molecular weight is 314 g/mol. The molecule has 0 aromatic heterocycles. The van der Waals surface area contributed by atoms with E-state index in [2.05, 4.69) is 36.2 Å². The van der Waals surface area contributed by atoms with Crippen LogP contribution in [0.25, 0.3) is 0 Å². The first-order valence-electron chi connectivity index (χ1n) is 9.36. The number of nitrogens with one attached hydrogen (secondary N) is 1. The Labute approximate surface area is 140 Å². The molecule has 3 heteroatoms. The number of benzene rings is 1. The Morgan fingerprint density at radius 1 is 1.22 bits per heavy atom. The molecule has 0 spiro atoms. The molecule has 0 radical (unpaired) electrons. The van der Waals surface area contributed by atoms with Crippen molar-refractivity contribution in [2.75, 3.05) is 25.0 Å². The van der Waals surface area contributed by atoms with Gasteiger partial charge in [-0.15, -0.1) is 0 Å². The molecule has 2 atom stereocenters. The van der Waals surface area contributed by atoms with Crippen molar-refractivity contribution in [2.24, 2.45) is 0 Å². The van der Waals surface area contributed by atoms with E-state index in [0.29, 0.717) is 24.2 Å². The summed E-state index contributed by atoms with van der Waals surface area (Å²) in [5.74, 6) is 0.881. The Morgan fingerprint density at radius 3 is 2.61 bits per heavy atom. The summed E-state index contributed by atoms with van der Waals surface area (Å²) in [6.45, 7) is 9.88. The Balaban J connectivity index is 1.95. The molecule has 0 bridgehead atoms. The predicted molar refractivity (Wildman–Crippen MR) is 96.6 cm³/mol. The number of nitrogens with zero attached hydrogens (tertiary/aromatic N) is 1. The highest BCUT2D eigenvalue weighted by Gasteiger charge is 2.36. The molecule has 1 N–H and O–H groups in total. The van der Waals surface area contributed by atoms with E-state index in [1.54, 1.807) is 0 Å². The van der Waals surface area contributed by atoms with Gasteiger partial charge in [-0.25, -0.2) is 0 Å². The minimum Gasteiger partial charge on any atom is -0.384 e. The van der Waals surface area contributed by atoms with Gasteiger partial charge in [0.25, 0.3) is 0 Å². The van der Waals surface area contributed by atoms with Crippen LogP contribution in [0.5, 0.6) is 0 Å². The van der Waals surface area contributed by atoms with Crippen molar-refractivity contribution in [2.45, 2.75) is 64.8 Å². The molecule has 0 fully saturated rings. The Bertz CT molecular complexity index is 575. The molecule has 1 aliphatic heterocycles. The molecular weight excluding hydrogens is 284 g/mol. The summed E-state index contributed by atoms with van der Waals surface area (Å²) in [5.41, 5.74) is 5.05. The second-order valence-electron chi connectivity index (χ2n) is 7.04. The highest BCUT2D eigenvalue weighted by molar-refractivity contribution is 5.98. The fourth-order valence-corrected chi connectivity index (χ4v) is 4.47. The molecule has 1 heterocycles. The Morgan fingerprint density at radius 2 is 1.96 bits per heavy atom. The summed E-state index contributed by atoms with van der Waals surface area (Å²) in [4.78, 5) is 15.1. The zero-order chi connectivity index (χ0) is 16.4. The first-order valence-corrected chi connectivity index (χ1v) is 9.36. The molecule has 126 valence electrons. The lowest BCUT2D eigenvalue weighted by molar-refractivity contribution is 0.0985. The van der Waals surface area contributed by atoms with E-state index in [1.807, 2.05) is 6.92 Å². The van der Waals surface area contributed by atoms with E-state index in [-0.39, 0.29) is 0 Å². The number of anilines is 1. The van der Waals surface area contributed by atoms with Gasteiger partial charge >= 0.3 is 0 Å². The van der Waals surface area contributed by atoms with Gasteiger partial charge in [0.2, 0.25) is 0 Å². The van der Waals surface area contributed by atoms with E-state index in [1.165, 1.54) is 49.2 Å². The molecule has 3 nitrogen and oxygen atoms in total. The number of Topliss-reactive ketones (excluding diaryl/α,β-unsaturated/α-hetero) is 1. The highest BCUT2D eigenvalue weighted by Crippen LogP contribution is 2.44. The summed E-state index contributed by atoms with van der Waals surface area (Å²) < 4.78 is 0. The van der Waals surface area contributed by atoms with Crippen LogP contribution in [0.2, 0.25) is 0 Å². The van der Waals surface area contributed by atoms with Crippen LogP contribution in [0.1, 0.15) is 73.9 Å². The van der Waals surface area contributed by atoms with Crippen LogP contribution < -0.4 is 5.32 Å². The van der Waals surface area contributed by atoms with Crippen molar-refractivity contribution in [3.8, 4) is 0 Å². The van der Waals surface area contributed by atoms with Crippen LogP contribution in [0.3, 0.4) is 0 Å². The number of rotatable bonds is 7. The SMILES string of the molecule is CCCN(CCC)[C@H]1Cc2c(C(=O)CC)ccc3c2[C@@H](CN3)C1. The summed E-state index contributed by atoms with van der Waals surface area (Å²) >= 11 is 0. The molecule has 23 heavy (non-hydrogen) atoms. The molecule has 1 aliphatic carbocycles. The first-order chi connectivity index (χ1) is 11.2. The second kappa shape index (κ2) is 7.04. The van der Waals surface area contributed by atoms with Gasteiger partial charge in [0.05, 0.1) is 0 Å². The molecule has 0 saturated carbocycles. The minimum atomic E-state index is 0.298. The van der Waals surface area contributed by atoms with Gasteiger partial charge in [0.1, 0.15) is 0 Å². The van der Waals surface area contributed by atoms with Crippen LogP contribution in [-0.4, -0.2) is 36.4 Å². The van der Waals surface area contributed by atoms with Crippen LogP contribution in [0.4, 0.5) is 5.69 Å². The van der Waals surface area contributed by atoms with Crippen LogP contribution in [0.15, 0.2) is 12.1 Å². The number of carbonyl (C=O) groups is 1. The minimum absolute atomic E-state index is 0.298. The van der Waals surface area contributed by atoms with Gasteiger partial charge in [-0.05, 0) is 62.0 Å². The first kappa shape index (κ1) is 16.5. The monoisotopic (exact) mass is 314 g/mol. The summed E-state index contributed by atoms with van der Waals surface area (Å²) in [6, 6.07) is 4.77. The highest BCUT2D eigenvalue weighted by atomic mass is 16.1. The van der Waals surface area contributed by atoms with E-state index in [4.69, 9.17) is 0 Å². The molecule has 3 rings (SSSR count). The van der Waals surface area contributed by atoms with Crippen molar-refractivity contribution in [1.82, 2.24) is 4.90 Å². The average Bonchev–Trinajstić information content (AvgIpc) is 2.98. The van der Waals surface area contributed by atoms with Gasteiger partial charge in [0, 0.05) is 36.2 Å². The normalized spacial score (nSPS) is 22.1. The number of ketones is 1. The van der Waals surface area contributed by atoms with Crippen molar-refractivity contribution >= 4 is 11.5 Å². The predicted octanol–water partition coefficient (Wildman–Crippen LogP) is 4.23. The lowest BCUT2D eigenvalue weighted by atomic mass is 9.77. The fraction of sp³-hybridized carbons (Fsp3) is 0.650. The smallest absolute Gasteiger partial charge is 0.162 e. The van der Waals surface area contributed by atoms with Crippen LogP contribution in [0, 0.1) is 0 Å². The maximum absolute atomic E-state index is 12.4. The summed E-state index contributed by atoms with van der Waals surface area (Å²) in [7, 11) is 0. The second-order valence-corrected chi connectivity index (χ2v) is 7.04. The molecule has 2 aliphatic rings. The largest absolute Gasteiger partial charge is 0.384 e. The van der Waals surface area contributed by atoms with Gasteiger partial charge < -0.3 is 10.2 Å². The summed E-state index contributed by atoms with van der Waals surface area (Å²) in [5, 5.41) is 3.56. The topological polar surface area (TPSA) is 32.3 Å². The third-order valence-corrected chi connectivity index (χ3v) is 5.46. The fourth-order valence-electron chi connectivity index (χ4n) is 4.47. The van der Waals surface area contributed by atoms with E-state index in [9.17, 15) is 4.79 Å². The quantitative estimate of drug-likeness (QED) is 0.765. The van der Waals surface area contributed by atoms with E-state index in [0.717, 1.165) is 18.5 Å². The van der Waals surface area contributed by atoms with Crippen molar-refractivity contribution in [1.29, 1.82) is 0 Å². The maximum atomic E-state index is 12.4. The maximum Gasteiger partial charge on any atom is 0.162 e. The molecule has 1 aromatic rings. The lowest BCUT2D eigenvalue weighted by Gasteiger charge is -2.37. The molecule has 0 amide bonds. The van der Waals surface area contributed by atoms with Crippen LogP contribution >= 0.6 is 0 Å². The third kappa shape index (κ3) is 3.03. The molecule has 0 saturated heterocycles. The third-order valence-electron chi connectivity index (χ3n) is 5.46. The van der Waals surface area contributed by atoms with Crippen molar-refractivity contribution in [3.63, 3.8) is 0 Å².